The molecule has 6 nitrogen and oxygen atoms in total. The van der Waals surface area contributed by atoms with Gasteiger partial charge in [-0.05, 0) is 45.6 Å². The highest BCUT2D eigenvalue weighted by molar-refractivity contribution is 9.10. The van der Waals surface area contributed by atoms with E-state index >= 15 is 0 Å². The number of hydrogen-bond donors (Lipinski definition) is 3. The SMILES string of the molecule is CCc1cccc(Cc2cnc(NC(=O)NCc3nc4c(Br)cccc4[nH]3)s2)c1. The van der Waals surface area contributed by atoms with Crippen LogP contribution in [-0.4, -0.2) is 21.0 Å². The fourth-order valence-corrected chi connectivity index (χ4v) is 4.34. The Labute approximate surface area is 180 Å². The van der Waals surface area contributed by atoms with Crippen LogP contribution in [0.25, 0.3) is 11.0 Å². The van der Waals surface area contributed by atoms with Gasteiger partial charge in [0.1, 0.15) is 11.3 Å². The van der Waals surface area contributed by atoms with Crippen molar-refractivity contribution < 1.29 is 4.79 Å². The number of rotatable bonds is 6. The van der Waals surface area contributed by atoms with Crippen molar-refractivity contribution in [2.24, 2.45) is 0 Å². The first-order chi connectivity index (χ1) is 14.1. The number of imidazole rings is 1. The Morgan fingerprint density at radius 2 is 2.03 bits per heavy atom. The van der Waals surface area contributed by atoms with Crippen LogP contribution in [0.2, 0.25) is 0 Å². The van der Waals surface area contributed by atoms with Crippen LogP contribution in [0.4, 0.5) is 9.93 Å². The maximum atomic E-state index is 12.2. The molecule has 0 spiro atoms. The van der Waals surface area contributed by atoms with Gasteiger partial charge in [-0.15, -0.1) is 11.3 Å². The molecule has 2 aromatic heterocycles. The number of amides is 2. The zero-order valence-electron chi connectivity index (χ0n) is 15.8. The van der Waals surface area contributed by atoms with Crippen molar-refractivity contribution in [3.63, 3.8) is 0 Å². The molecule has 0 bridgehead atoms. The third-order valence-corrected chi connectivity index (χ3v) is 6.03. The summed E-state index contributed by atoms with van der Waals surface area (Å²) in [6, 6.07) is 14.1. The van der Waals surface area contributed by atoms with Gasteiger partial charge in [-0.1, -0.05) is 37.3 Å². The molecule has 2 amide bonds. The van der Waals surface area contributed by atoms with Gasteiger partial charge in [-0.2, -0.15) is 0 Å². The molecule has 3 N–H and O–H groups in total. The highest BCUT2D eigenvalue weighted by Crippen LogP contribution is 2.23. The predicted octanol–water partition coefficient (Wildman–Crippen LogP) is 5.26. The first-order valence-corrected chi connectivity index (χ1v) is 10.9. The van der Waals surface area contributed by atoms with E-state index in [1.165, 1.54) is 22.5 Å². The summed E-state index contributed by atoms with van der Waals surface area (Å²) < 4.78 is 0.918. The lowest BCUT2D eigenvalue weighted by Crippen LogP contribution is -2.28. The highest BCUT2D eigenvalue weighted by atomic mass is 79.9. The Hall–Kier alpha value is -2.71. The maximum absolute atomic E-state index is 12.2. The Kier molecular flexibility index (Phi) is 5.92. The number of para-hydroxylation sites is 1. The quantitative estimate of drug-likeness (QED) is 0.360. The summed E-state index contributed by atoms with van der Waals surface area (Å²) in [6.45, 7) is 2.45. The molecule has 0 aliphatic rings. The fraction of sp³-hybridized carbons (Fsp3) is 0.190. The van der Waals surface area contributed by atoms with Crippen molar-refractivity contribution in [3.8, 4) is 0 Å². The number of anilines is 1. The summed E-state index contributed by atoms with van der Waals surface area (Å²) >= 11 is 4.96. The summed E-state index contributed by atoms with van der Waals surface area (Å²) in [7, 11) is 0. The minimum atomic E-state index is -0.307. The van der Waals surface area contributed by atoms with Gasteiger partial charge in [0.15, 0.2) is 5.13 Å². The number of aryl methyl sites for hydroxylation is 1. The average Bonchev–Trinajstić information content (AvgIpc) is 3.34. The van der Waals surface area contributed by atoms with E-state index in [-0.39, 0.29) is 6.03 Å². The molecule has 29 heavy (non-hydrogen) atoms. The number of aromatic nitrogens is 3. The zero-order chi connectivity index (χ0) is 20.2. The van der Waals surface area contributed by atoms with Gasteiger partial charge in [0.05, 0.1) is 12.1 Å². The molecule has 2 aromatic carbocycles. The van der Waals surface area contributed by atoms with E-state index in [9.17, 15) is 4.79 Å². The van der Waals surface area contributed by atoms with E-state index in [2.05, 4.69) is 72.7 Å². The molecule has 0 radical (unpaired) electrons. The van der Waals surface area contributed by atoms with Crippen LogP contribution in [0.5, 0.6) is 0 Å². The topological polar surface area (TPSA) is 82.7 Å². The number of urea groups is 1. The Balaban J connectivity index is 1.33. The molecule has 148 valence electrons. The first kappa shape index (κ1) is 19.6. The minimum Gasteiger partial charge on any atom is -0.340 e. The molecule has 2 heterocycles. The van der Waals surface area contributed by atoms with Gasteiger partial charge < -0.3 is 10.3 Å². The zero-order valence-corrected chi connectivity index (χ0v) is 18.2. The van der Waals surface area contributed by atoms with Crippen LogP contribution < -0.4 is 10.6 Å². The number of benzene rings is 2. The number of carbonyl (C=O) groups is 1. The van der Waals surface area contributed by atoms with E-state index in [1.54, 1.807) is 0 Å². The number of thiazole rings is 1. The second kappa shape index (κ2) is 8.75. The molecule has 0 fully saturated rings. The summed E-state index contributed by atoms with van der Waals surface area (Å²) in [4.78, 5) is 25.3. The van der Waals surface area contributed by atoms with Crippen LogP contribution in [0.1, 0.15) is 28.8 Å². The summed E-state index contributed by atoms with van der Waals surface area (Å²) in [5.41, 5.74) is 4.34. The maximum Gasteiger partial charge on any atom is 0.321 e. The largest absolute Gasteiger partial charge is 0.340 e. The molecular weight excluding hydrogens is 450 g/mol. The molecule has 0 atom stereocenters. The first-order valence-electron chi connectivity index (χ1n) is 9.31. The van der Waals surface area contributed by atoms with Crippen LogP contribution in [-0.2, 0) is 19.4 Å². The molecule has 0 aliphatic heterocycles. The fourth-order valence-electron chi connectivity index (χ4n) is 3.04. The lowest BCUT2D eigenvalue weighted by atomic mass is 10.1. The van der Waals surface area contributed by atoms with Gasteiger partial charge in [0, 0.05) is 22.0 Å². The standard InChI is InChI=1S/C21H20BrN5OS/c1-2-13-5-3-6-14(9-13)10-15-11-24-21(29-15)27-20(28)23-12-18-25-17-8-4-7-16(22)19(17)26-18/h3-9,11H,2,10,12H2,1H3,(H,25,26)(H2,23,24,27,28). The van der Waals surface area contributed by atoms with Crippen molar-refractivity contribution in [1.29, 1.82) is 0 Å². The molecule has 0 saturated carbocycles. The summed E-state index contributed by atoms with van der Waals surface area (Å²) in [5, 5.41) is 6.18. The number of hydrogen-bond acceptors (Lipinski definition) is 4. The Bertz CT molecular complexity index is 1150. The molecule has 4 aromatic rings. The second-order valence-electron chi connectivity index (χ2n) is 6.61. The number of H-pyrrole nitrogens is 1. The summed E-state index contributed by atoms with van der Waals surface area (Å²) in [6.07, 6.45) is 3.64. The predicted molar refractivity (Wildman–Crippen MR) is 120 cm³/mol. The summed E-state index contributed by atoms with van der Waals surface area (Å²) in [5.74, 6) is 0.692. The normalized spacial score (nSPS) is 11.0. The number of nitrogens with zero attached hydrogens (tertiary/aromatic N) is 2. The third-order valence-electron chi connectivity index (χ3n) is 4.48. The van der Waals surface area contributed by atoms with Gasteiger partial charge in [-0.25, -0.2) is 14.8 Å². The van der Waals surface area contributed by atoms with Gasteiger partial charge >= 0.3 is 6.03 Å². The monoisotopic (exact) mass is 469 g/mol. The second-order valence-corrected chi connectivity index (χ2v) is 8.58. The number of nitrogens with one attached hydrogen (secondary N) is 3. The average molecular weight is 470 g/mol. The Morgan fingerprint density at radius 3 is 2.86 bits per heavy atom. The van der Waals surface area contributed by atoms with E-state index in [0.717, 1.165) is 33.2 Å². The molecule has 4 rings (SSSR count). The highest BCUT2D eigenvalue weighted by Gasteiger charge is 2.10. The lowest BCUT2D eigenvalue weighted by Gasteiger charge is -2.03. The number of carbonyl (C=O) groups excluding carboxylic acids is 1. The van der Waals surface area contributed by atoms with Crippen LogP contribution in [0, 0.1) is 0 Å². The molecule has 0 unspecified atom stereocenters. The van der Waals surface area contributed by atoms with E-state index in [1.807, 2.05) is 24.4 Å². The van der Waals surface area contributed by atoms with Crippen molar-refractivity contribution in [2.75, 3.05) is 5.32 Å². The molecular formula is C21H20BrN5OS. The molecule has 0 saturated heterocycles. The van der Waals surface area contributed by atoms with Crippen LogP contribution >= 0.6 is 27.3 Å². The van der Waals surface area contributed by atoms with Gasteiger partial charge in [0.2, 0.25) is 0 Å². The van der Waals surface area contributed by atoms with Crippen molar-refractivity contribution in [1.82, 2.24) is 20.3 Å². The van der Waals surface area contributed by atoms with Crippen LogP contribution in [0.15, 0.2) is 53.1 Å². The van der Waals surface area contributed by atoms with Crippen molar-refractivity contribution >= 4 is 49.5 Å². The van der Waals surface area contributed by atoms with Crippen LogP contribution in [0.3, 0.4) is 0 Å². The number of aromatic amines is 1. The van der Waals surface area contributed by atoms with E-state index in [0.29, 0.717) is 17.5 Å². The smallest absolute Gasteiger partial charge is 0.321 e. The molecule has 0 aliphatic carbocycles. The number of halogens is 1. The lowest BCUT2D eigenvalue weighted by molar-refractivity contribution is 0.251. The molecule has 8 heteroatoms. The van der Waals surface area contributed by atoms with Crippen molar-refractivity contribution in [2.45, 2.75) is 26.3 Å². The van der Waals surface area contributed by atoms with Gasteiger partial charge in [0.25, 0.3) is 0 Å². The third kappa shape index (κ3) is 4.83. The van der Waals surface area contributed by atoms with E-state index in [4.69, 9.17) is 0 Å². The van der Waals surface area contributed by atoms with Crippen molar-refractivity contribution in [3.05, 3.63) is 75.0 Å². The van der Waals surface area contributed by atoms with Gasteiger partial charge in [-0.3, -0.25) is 5.32 Å². The Morgan fingerprint density at radius 1 is 1.21 bits per heavy atom. The number of fused-ring (bicyclic) bond motifs is 1. The minimum absolute atomic E-state index is 0.301. The van der Waals surface area contributed by atoms with E-state index < -0.39 is 0 Å².